The summed E-state index contributed by atoms with van der Waals surface area (Å²) in [5, 5.41) is 58.6. The average Bonchev–Trinajstić information content (AvgIpc) is 3.31. The largest absolute Gasteiger partial charge is 0.481 e. The summed E-state index contributed by atoms with van der Waals surface area (Å²) in [6, 6.07) is -15.7. The van der Waals surface area contributed by atoms with E-state index in [1.54, 1.807) is 6.92 Å². The maximum absolute atomic E-state index is 13.8. The Morgan fingerprint density at radius 2 is 0.904 bits per heavy atom. The summed E-state index contributed by atoms with van der Waals surface area (Å²) in [6.45, 7) is 5.71. The number of unbranched alkanes of at least 4 members (excludes halogenated alkanes) is 1. The first-order valence-electron chi connectivity index (χ1n) is 22.7. The number of nitrogens with one attached hydrogen (secondary N) is 9. The number of carboxylic acids is 3. The second-order valence-corrected chi connectivity index (χ2v) is 17.8. The molecular weight excluding hydrogens is 1030 g/mol. The predicted octanol–water partition coefficient (Wildman–Crippen LogP) is -6.66. The van der Waals surface area contributed by atoms with Crippen molar-refractivity contribution in [3.8, 4) is 0 Å². The van der Waals surface area contributed by atoms with E-state index >= 15 is 0 Å². The zero-order chi connectivity index (χ0) is 56.3. The van der Waals surface area contributed by atoms with Crippen molar-refractivity contribution >= 4 is 115 Å². The van der Waals surface area contributed by atoms with Crippen LogP contribution in [0.25, 0.3) is 0 Å². The maximum Gasteiger partial charge on any atom is 0.326 e. The van der Waals surface area contributed by atoms with Gasteiger partial charge in [-0.3, -0.25) is 57.5 Å². The first-order chi connectivity index (χ1) is 34.1. The summed E-state index contributed by atoms with van der Waals surface area (Å²) in [4.78, 5) is 166. The van der Waals surface area contributed by atoms with Gasteiger partial charge in [0.1, 0.15) is 54.4 Å². The van der Waals surface area contributed by atoms with Crippen LogP contribution in [0, 0.1) is 5.92 Å². The minimum atomic E-state index is -1.85. The van der Waals surface area contributed by atoms with E-state index in [2.05, 4.69) is 85.7 Å². The van der Waals surface area contributed by atoms with Gasteiger partial charge in [0.2, 0.25) is 59.1 Å². The number of nitrogens with two attached hydrogens (primary N) is 3. The highest BCUT2D eigenvalue weighted by Crippen LogP contribution is 2.11. The number of primary amides is 1. The molecule has 0 fully saturated rings. The van der Waals surface area contributed by atoms with Crippen molar-refractivity contribution in [3.63, 3.8) is 0 Å². The second-order valence-electron chi connectivity index (χ2n) is 16.7. The van der Waals surface area contributed by atoms with Crippen molar-refractivity contribution in [1.82, 2.24) is 47.9 Å². The molecule has 0 heterocycles. The van der Waals surface area contributed by atoms with Crippen LogP contribution in [0.5, 0.6) is 0 Å². The minimum absolute atomic E-state index is 0.0299. The lowest BCUT2D eigenvalue weighted by Crippen LogP contribution is -2.63. The van der Waals surface area contributed by atoms with Crippen LogP contribution in [0.1, 0.15) is 79.1 Å². The van der Waals surface area contributed by atoms with E-state index in [0.717, 1.165) is 6.92 Å². The van der Waals surface area contributed by atoms with Gasteiger partial charge in [-0.2, -0.15) is 37.9 Å². The number of rotatable bonds is 36. The molecule has 29 nitrogen and oxygen atoms in total. The third kappa shape index (κ3) is 25.0. The van der Waals surface area contributed by atoms with Gasteiger partial charge in [0, 0.05) is 23.7 Å². The number of aliphatic hydroxyl groups excluding tert-OH is 1. The molecule has 0 saturated carbocycles. The Balaban J connectivity index is 6.16. The monoisotopic (exact) mass is 1100 g/mol. The molecule has 0 unspecified atom stereocenters. The molecule has 0 aliphatic heterocycles. The van der Waals surface area contributed by atoms with E-state index < -0.39 is 180 Å². The number of aliphatic carboxylic acids is 3. The van der Waals surface area contributed by atoms with E-state index in [1.807, 2.05) is 0 Å². The molecule has 0 aromatic heterocycles. The SMILES string of the molecule is CC[C@H](C)[C@H](NC(=O)[C@H](CC(N)=O)NC(=O)[C@@H](NC(=O)[C@H](CS)NC(=O)[C@@H](N)CCC(=O)O)[C@@H](C)O)C(=O)N[C@@H](CS)C(=O)N[C@@H](CS)C(=O)N[C@@H](CC(=O)O)C(=O)N[C@@H](C)C(=O)N[C@@H](CCCCN)C(=O)O. The summed E-state index contributed by atoms with van der Waals surface area (Å²) >= 11 is 12.2. The molecule has 0 aliphatic carbocycles. The Bertz CT molecular complexity index is 1970. The molecule has 0 spiro atoms. The van der Waals surface area contributed by atoms with Gasteiger partial charge < -0.3 is 85.5 Å². The van der Waals surface area contributed by atoms with Crippen molar-refractivity contribution in [3.05, 3.63) is 0 Å². The van der Waals surface area contributed by atoms with Gasteiger partial charge in [-0.05, 0) is 52.0 Å². The molecule has 32 heteroatoms. The Hall–Kier alpha value is -5.96. The topological polar surface area (TPSA) is 489 Å². The molecule has 0 saturated heterocycles. The third-order valence-electron chi connectivity index (χ3n) is 10.7. The van der Waals surface area contributed by atoms with Gasteiger partial charge in [0.25, 0.3) is 0 Å². The highest BCUT2D eigenvalue weighted by molar-refractivity contribution is 7.80. The third-order valence-corrected chi connectivity index (χ3v) is 11.8. The minimum Gasteiger partial charge on any atom is -0.481 e. The normalized spacial score (nSPS) is 15.9. The first-order valence-corrected chi connectivity index (χ1v) is 24.6. The van der Waals surface area contributed by atoms with Crippen molar-refractivity contribution in [2.75, 3.05) is 23.8 Å². The molecule has 73 heavy (non-hydrogen) atoms. The number of aliphatic hydroxyl groups is 1. The summed E-state index contributed by atoms with van der Waals surface area (Å²) in [5.74, 6) is -16.9. The predicted molar refractivity (Wildman–Crippen MR) is 267 cm³/mol. The van der Waals surface area contributed by atoms with Gasteiger partial charge in [0.15, 0.2) is 0 Å². The summed E-state index contributed by atoms with van der Waals surface area (Å²) in [7, 11) is 0. The van der Waals surface area contributed by atoms with Crippen molar-refractivity contribution < 1.29 is 82.8 Å². The van der Waals surface area contributed by atoms with Crippen LogP contribution in [0.2, 0.25) is 0 Å². The van der Waals surface area contributed by atoms with E-state index in [4.69, 9.17) is 22.3 Å². The Labute approximate surface area is 436 Å². The quantitative estimate of drug-likeness (QED) is 0.0205. The molecule has 0 rings (SSSR count). The second kappa shape index (κ2) is 34.5. The molecule has 12 atom stereocenters. The first kappa shape index (κ1) is 67.0. The Kier molecular flexibility index (Phi) is 31.6. The lowest BCUT2D eigenvalue weighted by atomic mass is 9.97. The summed E-state index contributed by atoms with van der Waals surface area (Å²) in [6.07, 6.45) is -3.21. The molecule has 19 N–H and O–H groups in total. The van der Waals surface area contributed by atoms with Crippen LogP contribution < -0.4 is 65.1 Å². The van der Waals surface area contributed by atoms with Crippen molar-refractivity contribution in [2.45, 2.75) is 146 Å². The van der Waals surface area contributed by atoms with Gasteiger partial charge in [-0.15, -0.1) is 0 Å². The number of carbonyl (C=O) groups is 13. The van der Waals surface area contributed by atoms with E-state index in [0.29, 0.717) is 12.8 Å². The number of amides is 10. The van der Waals surface area contributed by atoms with Crippen molar-refractivity contribution in [1.29, 1.82) is 0 Å². The molecule has 0 aliphatic rings. The number of carbonyl (C=O) groups excluding carboxylic acids is 10. The molecule has 0 aromatic carbocycles. The highest BCUT2D eigenvalue weighted by atomic mass is 32.1. The molecule has 414 valence electrons. The van der Waals surface area contributed by atoms with Crippen LogP contribution in [0.3, 0.4) is 0 Å². The van der Waals surface area contributed by atoms with Crippen LogP contribution in [0.15, 0.2) is 0 Å². The number of carboxylic acid groups (broad SMARTS) is 3. The van der Waals surface area contributed by atoms with E-state index in [-0.39, 0.29) is 31.6 Å². The lowest BCUT2D eigenvalue weighted by molar-refractivity contribution is -0.143. The molecule has 0 bridgehead atoms. The smallest absolute Gasteiger partial charge is 0.326 e. The fourth-order valence-corrected chi connectivity index (χ4v) is 6.95. The van der Waals surface area contributed by atoms with E-state index in [9.17, 15) is 77.6 Å². The van der Waals surface area contributed by atoms with Crippen LogP contribution >= 0.6 is 37.9 Å². The lowest BCUT2D eigenvalue weighted by Gasteiger charge is -2.29. The Morgan fingerprint density at radius 1 is 0.493 bits per heavy atom. The number of hydrogen-bond acceptors (Lipinski definition) is 19. The molecular formula is C41H70N12O17S3. The maximum atomic E-state index is 13.8. The van der Waals surface area contributed by atoms with Crippen LogP contribution in [-0.2, 0) is 62.3 Å². The highest BCUT2D eigenvalue weighted by Gasteiger charge is 2.37. The Morgan fingerprint density at radius 3 is 1.36 bits per heavy atom. The van der Waals surface area contributed by atoms with Gasteiger partial charge in [-0.25, -0.2) is 4.79 Å². The van der Waals surface area contributed by atoms with Crippen LogP contribution in [-0.4, -0.2) is 188 Å². The van der Waals surface area contributed by atoms with Crippen molar-refractivity contribution in [2.24, 2.45) is 23.1 Å². The summed E-state index contributed by atoms with van der Waals surface area (Å²) < 4.78 is 0. The zero-order valence-electron chi connectivity index (χ0n) is 40.6. The molecule has 10 amide bonds. The van der Waals surface area contributed by atoms with Gasteiger partial charge in [-0.1, -0.05) is 20.3 Å². The number of hydrogen-bond donors (Lipinski definition) is 19. The van der Waals surface area contributed by atoms with E-state index in [1.165, 1.54) is 13.8 Å². The van der Waals surface area contributed by atoms with Gasteiger partial charge >= 0.3 is 17.9 Å². The fourth-order valence-electron chi connectivity index (χ4n) is 6.17. The van der Waals surface area contributed by atoms with Crippen LogP contribution in [0.4, 0.5) is 0 Å². The zero-order valence-corrected chi connectivity index (χ0v) is 43.3. The average molecular weight is 1100 g/mol. The fraction of sp³-hybridized carbons (Fsp3) is 0.683. The molecule has 0 aromatic rings. The molecule has 0 radical (unpaired) electrons. The standard InChI is InChI=1S/C41H70N12O17S3/c1-5-17(2)30(52-35(63)22(12-27(44)55)48-40(68)31(19(4)54)53-38(66)26(16-73)49-33(61)20(43)9-10-28(56)57)39(67)51-25(15-72)37(65)50-24(14-71)36(64)47-23(13-29(58)59)34(62)45-18(3)32(60)46-21(41(69)70)8-6-7-11-42/h17-26,30-31,54,71-73H,5-16,42-43H2,1-4H3,(H2,44,55)(H,45,62)(H,46,60)(H,47,64)(H,48,68)(H,49,61)(H,50,65)(H,51,67)(H,52,63)(H,53,66)(H,56,57)(H,58,59)(H,69,70)/t17-,18-,19+,20-,21-,22-,23-,24-,25-,26-,30-,31-/m0/s1. The van der Waals surface area contributed by atoms with Gasteiger partial charge in [0.05, 0.1) is 25.0 Å². The number of thiol groups is 3. The summed E-state index contributed by atoms with van der Waals surface area (Å²) in [5.41, 5.74) is 16.5.